The third kappa shape index (κ3) is 8.12. The van der Waals surface area contributed by atoms with Crippen LogP contribution in [-0.2, 0) is 27.2 Å². The SMILES string of the molecule is CC(C)CS(=O)(=O)CC/C=C/CC(=O)Cc1ccc(F)c(C(F)(F)F)c1. The van der Waals surface area contributed by atoms with E-state index in [-0.39, 0.29) is 48.0 Å². The first-order valence-corrected chi connectivity index (χ1v) is 9.95. The van der Waals surface area contributed by atoms with Crippen LogP contribution in [0.1, 0.15) is 37.8 Å². The molecule has 0 atom stereocenters. The Morgan fingerprint density at radius 2 is 1.85 bits per heavy atom. The quantitative estimate of drug-likeness (QED) is 0.462. The van der Waals surface area contributed by atoms with Crippen LogP contribution in [0.2, 0.25) is 0 Å². The molecule has 0 saturated carbocycles. The number of allylic oxidation sites excluding steroid dienone is 2. The lowest BCUT2D eigenvalue weighted by molar-refractivity contribution is -0.140. The van der Waals surface area contributed by atoms with Gasteiger partial charge in [-0.2, -0.15) is 13.2 Å². The summed E-state index contributed by atoms with van der Waals surface area (Å²) in [7, 11) is -3.13. The standard InChI is InChI=1S/C18H22F4O3S/c1-13(2)12-26(24,25)9-5-3-4-6-15(23)10-14-7-8-17(19)16(11-14)18(20,21)22/h3-4,7-8,11,13H,5-6,9-10,12H2,1-2H3/b4-3+. The number of carbonyl (C=O) groups excluding carboxylic acids is 1. The van der Waals surface area contributed by atoms with Crippen LogP contribution in [0.15, 0.2) is 30.4 Å². The van der Waals surface area contributed by atoms with Gasteiger partial charge < -0.3 is 0 Å². The Morgan fingerprint density at radius 1 is 1.19 bits per heavy atom. The normalized spacial score (nSPS) is 12.9. The molecule has 1 aromatic carbocycles. The number of alkyl halides is 3. The van der Waals surface area contributed by atoms with Crippen molar-refractivity contribution in [3.63, 3.8) is 0 Å². The van der Waals surface area contributed by atoms with E-state index in [0.717, 1.165) is 6.07 Å². The van der Waals surface area contributed by atoms with Gasteiger partial charge in [-0.1, -0.05) is 32.1 Å². The molecular weight excluding hydrogens is 372 g/mol. The largest absolute Gasteiger partial charge is 0.419 e. The summed E-state index contributed by atoms with van der Waals surface area (Å²) in [4.78, 5) is 11.8. The van der Waals surface area contributed by atoms with Crippen LogP contribution < -0.4 is 0 Å². The van der Waals surface area contributed by atoms with Crippen molar-refractivity contribution in [2.24, 2.45) is 5.92 Å². The predicted molar refractivity (Wildman–Crippen MR) is 92.0 cm³/mol. The Hall–Kier alpha value is -1.70. The number of sulfone groups is 1. The van der Waals surface area contributed by atoms with E-state index in [9.17, 15) is 30.8 Å². The molecule has 0 radical (unpaired) electrons. The molecule has 0 bridgehead atoms. The number of halogens is 4. The fraction of sp³-hybridized carbons (Fsp3) is 0.500. The number of Topliss-reactive ketones (excluding diaryl/α,β-unsaturated/α-hetero) is 1. The van der Waals surface area contributed by atoms with Crippen molar-refractivity contribution >= 4 is 15.6 Å². The number of rotatable bonds is 9. The molecule has 0 heterocycles. The van der Waals surface area contributed by atoms with E-state index in [1.54, 1.807) is 6.08 Å². The van der Waals surface area contributed by atoms with Crippen LogP contribution in [0, 0.1) is 11.7 Å². The Balaban J connectivity index is 2.53. The van der Waals surface area contributed by atoms with E-state index >= 15 is 0 Å². The van der Waals surface area contributed by atoms with Crippen LogP contribution in [0.4, 0.5) is 17.6 Å². The first-order chi connectivity index (χ1) is 11.9. The number of hydrogen-bond donors (Lipinski definition) is 0. The third-order valence-corrected chi connectivity index (χ3v) is 5.46. The second-order valence-corrected chi connectivity index (χ2v) is 8.73. The molecule has 0 aromatic heterocycles. The maximum Gasteiger partial charge on any atom is 0.419 e. The summed E-state index contributed by atoms with van der Waals surface area (Å²) in [5.41, 5.74) is -1.31. The van der Waals surface area contributed by atoms with Gasteiger partial charge in [0, 0.05) is 12.8 Å². The minimum atomic E-state index is -4.81. The second kappa shape index (κ2) is 9.30. The Morgan fingerprint density at radius 3 is 2.42 bits per heavy atom. The van der Waals surface area contributed by atoms with Crippen molar-refractivity contribution in [3.05, 3.63) is 47.3 Å². The van der Waals surface area contributed by atoms with Gasteiger partial charge in [0.05, 0.1) is 17.1 Å². The van der Waals surface area contributed by atoms with Crippen LogP contribution in [-0.4, -0.2) is 25.7 Å². The van der Waals surface area contributed by atoms with Gasteiger partial charge in [0.15, 0.2) is 9.84 Å². The molecule has 0 saturated heterocycles. The van der Waals surface area contributed by atoms with Gasteiger partial charge in [0.1, 0.15) is 11.6 Å². The lowest BCUT2D eigenvalue weighted by Crippen LogP contribution is -2.14. The molecule has 146 valence electrons. The number of ketones is 1. The topological polar surface area (TPSA) is 51.2 Å². The number of carbonyl (C=O) groups is 1. The lowest BCUT2D eigenvalue weighted by atomic mass is 10.0. The maximum atomic E-state index is 13.2. The summed E-state index contributed by atoms with van der Waals surface area (Å²) in [5.74, 6) is -1.58. The van der Waals surface area contributed by atoms with Gasteiger partial charge in [-0.15, -0.1) is 0 Å². The zero-order valence-corrected chi connectivity index (χ0v) is 15.5. The molecule has 0 aliphatic rings. The molecule has 0 aliphatic carbocycles. The highest BCUT2D eigenvalue weighted by molar-refractivity contribution is 7.91. The summed E-state index contributed by atoms with van der Waals surface area (Å²) >= 11 is 0. The van der Waals surface area contributed by atoms with E-state index in [4.69, 9.17) is 0 Å². The molecule has 0 N–H and O–H groups in total. The highest BCUT2D eigenvalue weighted by atomic mass is 32.2. The molecule has 0 fully saturated rings. The number of benzene rings is 1. The molecule has 26 heavy (non-hydrogen) atoms. The Kier molecular flexibility index (Phi) is 7.99. The lowest BCUT2D eigenvalue weighted by Gasteiger charge is -2.09. The van der Waals surface area contributed by atoms with Gasteiger partial charge in [-0.05, 0) is 30.0 Å². The molecule has 0 amide bonds. The average Bonchev–Trinajstić information content (AvgIpc) is 2.46. The first-order valence-electron chi connectivity index (χ1n) is 8.13. The highest BCUT2D eigenvalue weighted by Crippen LogP contribution is 2.32. The van der Waals surface area contributed by atoms with Crippen LogP contribution >= 0.6 is 0 Å². The molecule has 3 nitrogen and oxygen atoms in total. The van der Waals surface area contributed by atoms with Crippen LogP contribution in [0.5, 0.6) is 0 Å². The van der Waals surface area contributed by atoms with Crippen LogP contribution in [0.25, 0.3) is 0 Å². The van der Waals surface area contributed by atoms with Crippen LogP contribution in [0.3, 0.4) is 0 Å². The smallest absolute Gasteiger partial charge is 0.299 e. The van der Waals surface area contributed by atoms with E-state index in [0.29, 0.717) is 12.1 Å². The zero-order chi connectivity index (χ0) is 20.0. The molecule has 1 aromatic rings. The van der Waals surface area contributed by atoms with Gasteiger partial charge in [0.25, 0.3) is 0 Å². The number of hydrogen-bond acceptors (Lipinski definition) is 3. The van der Waals surface area contributed by atoms with E-state index in [1.165, 1.54) is 6.08 Å². The summed E-state index contributed by atoms with van der Waals surface area (Å²) in [6.07, 6.45) is -1.74. The zero-order valence-electron chi connectivity index (χ0n) is 14.6. The van der Waals surface area contributed by atoms with Gasteiger partial charge in [-0.3, -0.25) is 4.79 Å². The van der Waals surface area contributed by atoms with E-state index in [1.807, 2.05) is 13.8 Å². The van der Waals surface area contributed by atoms with Crippen molar-refractivity contribution in [1.82, 2.24) is 0 Å². The Bertz CT molecular complexity index is 750. The molecular formula is C18H22F4O3S. The molecule has 0 unspecified atom stereocenters. The minimum absolute atomic E-state index is 0.0111. The van der Waals surface area contributed by atoms with Crippen molar-refractivity contribution in [1.29, 1.82) is 0 Å². The fourth-order valence-corrected chi connectivity index (χ4v) is 4.05. The second-order valence-electron chi connectivity index (χ2n) is 6.50. The monoisotopic (exact) mass is 394 g/mol. The highest BCUT2D eigenvalue weighted by Gasteiger charge is 2.34. The molecule has 8 heteroatoms. The third-order valence-electron chi connectivity index (χ3n) is 3.43. The van der Waals surface area contributed by atoms with Gasteiger partial charge in [0.2, 0.25) is 0 Å². The van der Waals surface area contributed by atoms with E-state index < -0.39 is 27.4 Å². The summed E-state index contributed by atoms with van der Waals surface area (Å²) in [6.45, 7) is 3.62. The van der Waals surface area contributed by atoms with Crippen molar-refractivity contribution in [3.8, 4) is 0 Å². The van der Waals surface area contributed by atoms with Crippen molar-refractivity contribution in [2.45, 2.75) is 39.3 Å². The average molecular weight is 394 g/mol. The summed E-state index contributed by atoms with van der Waals surface area (Å²) in [6, 6.07) is 2.47. The predicted octanol–water partition coefficient (Wildman–Crippen LogP) is 4.36. The molecule has 0 spiro atoms. The van der Waals surface area contributed by atoms with Gasteiger partial charge in [-0.25, -0.2) is 12.8 Å². The van der Waals surface area contributed by atoms with Gasteiger partial charge >= 0.3 is 6.18 Å². The maximum absolute atomic E-state index is 13.2. The van der Waals surface area contributed by atoms with Crippen molar-refractivity contribution in [2.75, 3.05) is 11.5 Å². The Labute approximate surface area is 151 Å². The van der Waals surface area contributed by atoms with E-state index in [2.05, 4.69) is 0 Å². The first kappa shape index (κ1) is 22.3. The van der Waals surface area contributed by atoms with Crippen molar-refractivity contribution < 1.29 is 30.8 Å². The fourth-order valence-electron chi connectivity index (χ4n) is 2.37. The summed E-state index contributed by atoms with van der Waals surface area (Å²) < 4.78 is 74.5. The molecule has 1 rings (SSSR count). The minimum Gasteiger partial charge on any atom is -0.299 e. The molecule has 0 aliphatic heterocycles. The summed E-state index contributed by atoms with van der Waals surface area (Å²) in [5, 5.41) is 0.